The van der Waals surface area contributed by atoms with Gasteiger partial charge in [0.05, 0.1) is 19.1 Å². The Bertz CT molecular complexity index is 336. The van der Waals surface area contributed by atoms with Gasteiger partial charge < -0.3 is 14.6 Å². The predicted molar refractivity (Wildman–Crippen MR) is 52.3 cm³/mol. The Kier molecular flexibility index (Phi) is 2.99. The molecule has 1 N–H and O–H groups in total. The van der Waals surface area contributed by atoms with Gasteiger partial charge in [0.15, 0.2) is 6.29 Å². The van der Waals surface area contributed by atoms with E-state index in [4.69, 9.17) is 14.6 Å². The van der Waals surface area contributed by atoms with Gasteiger partial charge in [0.25, 0.3) is 0 Å². The summed E-state index contributed by atoms with van der Waals surface area (Å²) in [5.74, 6) is -0.864. The van der Waals surface area contributed by atoms with E-state index < -0.39 is 12.3 Å². The van der Waals surface area contributed by atoms with Crippen LogP contribution in [0.15, 0.2) is 30.3 Å². The summed E-state index contributed by atoms with van der Waals surface area (Å²) >= 11 is 0. The van der Waals surface area contributed by atoms with E-state index in [1.165, 1.54) is 0 Å². The molecular formula is C11H12O4. The van der Waals surface area contributed by atoms with Gasteiger partial charge in [-0.15, -0.1) is 0 Å². The molecule has 4 nitrogen and oxygen atoms in total. The monoisotopic (exact) mass is 208 g/mol. The summed E-state index contributed by atoms with van der Waals surface area (Å²) in [7, 11) is 0. The lowest BCUT2D eigenvalue weighted by atomic mass is 10.2. The zero-order chi connectivity index (χ0) is 10.7. The third kappa shape index (κ3) is 2.55. The van der Waals surface area contributed by atoms with Crippen molar-refractivity contribution in [3.8, 4) is 0 Å². The van der Waals surface area contributed by atoms with E-state index in [0.717, 1.165) is 5.56 Å². The van der Waals surface area contributed by atoms with Crippen molar-refractivity contribution >= 4 is 5.97 Å². The smallest absolute Gasteiger partial charge is 0.306 e. The molecule has 15 heavy (non-hydrogen) atoms. The highest BCUT2D eigenvalue weighted by atomic mass is 16.7. The molecule has 1 saturated heterocycles. The molecule has 0 radical (unpaired) electrons. The summed E-state index contributed by atoms with van der Waals surface area (Å²) in [5.41, 5.74) is 0.922. The largest absolute Gasteiger partial charge is 0.481 e. The van der Waals surface area contributed by atoms with E-state index in [9.17, 15) is 4.79 Å². The Hall–Kier alpha value is -1.39. The highest BCUT2D eigenvalue weighted by molar-refractivity contribution is 5.67. The van der Waals surface area contributed by atoms with Crippen LogP contribution in [0.3, 0.4) is 0 Å². The van der Waals surface area contributed by atoms with Crippen molar-refractivity contribution in [1.29, 1.82) is 0 Å². The van der Waals surface area contributed by atoms with Gasteiger partial charge in [-0.25, -0.2) is 0 Å². The first-order valence-electron chi connectivity index (χ1n) is 4.79. The molecule has 2 atom stereocenters. The normalized spacial score (nSPS) is 25.3. The summed E-state index contributed by atoms with van der Waals surface area (Å²) in [5, 5.41) is 8.60. The Morgan fingerprint density at radius 1 is 1.40 bits per heavy atom. The van der Waals surface area contributed by atoms with Crippen LogP contribution >= 0.6 is 0 Å². The molecule has 0 saturated carbocycles. The van der Waals surface area contributed by atoms with E-state index >= 15 is 0 Å². The number of carbonyl (C=O) groups is 1. The van der Waals surface area contributed by atoms with E-state index in [1.807, 2.05) is 30.3 Å². The van der Waals surface area contributed by atoms with Crippen LogP contribution in [0.1, 0.15) is 18.3 Å². The topological polar surface area (TPSA) is 55.8 Å². The number of carboxylic acids is 1. The van der Waals surface area contributed by atoms with E-state index in [-0.39, 0.29) is 12.5 Å². The average molecular weight is 208 g/mol. The van der Waals surface area contributed by atoms with Crippen LogP contribution < -0.4 is 0 Å². The molecule has 0 amide bonds. The molecule has 0 spiro atoms. The predicted octanol–water partition coefficient (Wildman–Crippen LogP) is 1.58. The van der Waals surface area contributed by atoms with Crippen LogP contribution in [0, 0.1) is 0 Å². The Labute approximate surface area is 87.4 Å². The number of aliphatic carboxylic acids is 1. The average Bonchev–Trinajstić information content (AvgIpc) is 2.67. The fraction of sp³-hybridized carbons (Fsp3) is 0.364. The first kappa shape index (κ1) is 10.1. The van der Waals surface area contributed by atoms with E-state index in [0.29, 0.717) is 6.61 Å². The maximum absolute atomic E-state index is 10.5. The molecule has 1 aliphatic rings. The standard InChI is InChI=1S/C11H12O4/c12-10(13)6-9-7-14-11(15-9)8-4-2-1-3-5-8/h1-5,9,11H,6-7H2,(H,12,13). The van der Waals surface area contributed by atoms with Gasteiger partial charge in [0.2, 0.25) is 0 Å². The Balaban J connectivity index is 1.96. The van der Waals surface area contributed by atoms with Crippen LogP contribution in [0.5, 0.6) is 0 Å². The first-order valence-corrected chi connectivity index (χ1v) is 4.79. The second kappa shape index (κ2) is 4.42. The minimum Gasteiger partial charge on any atom is -0.481 e. The van der Waals surface area contributed by atoms with Gasteiger partial charge in [-0.05, 0) is 0 Å². The minimum absolute atomic E-state index is 0.0106. The van der Waals surface area contributed by atoms with E-state index in [1.54, 1.807) is 0 Å². The van der Waals surface area contributed by atoms with Gasteiger partial charge in [-0.2, -0.15) is 0 Å². The SMILES string of the molecule is O=C(O)CC1COC(c2ccccc2)O1. The maximum atomic E-state index is 10.5. The second-order valence-electron chi connectivity index (χ2n) is 3.43. The molecule has 0 bridgehead atoms. The van der Waals surface area contributed by atoms with Gasteiger partial charge in [-0.1, -0.05) is 30.3 Å². The molecule has 2 rings (SSSR count). The molecule has 1 fully saturated rings. The van der Waals surface area contributed by atoms with Crippen molar-refractivity contribution in [3.63, 3.8) is 0 Å². The maximum Gasteiger partial charge on any atom is 0.306 e. The lowest BCUT2D eigenvalue weighted by Gasteiger charge is -2.10. The molecule has 80 valence electrons. The number of ether oxygens (including phenoxy) is 2. The van der Waals surface area contributed by atoms with Crippen molar-refractivity contribution in [1.82, 2.24) is 0 Å². The number of benzene rings is 1. The molecule has 1 heterocycles. The van der Waals surface area contributed by atoms with Crippen molar-refractivity contribution in [2.45, 2.75) is 18.8 Å². The van der Waals surface area contributed by atoms with Crippen LogP contribution in [-0.2, 0) is 14.3 Å². The molecule has 4 heteroatoms. The molecule has 1 aromatic carbocycles. The molecule has 1 aliphatic heterocycles. The highest BCUT2D eigenvalue weighted by Gasteiger charge is 2.28. The van der Waals surface area contributed by atoms with Gasteiger partial charge in [0.1, 0.15) is 0 Å². The fourth-order valence-electron chi connectivity index (χ4n) is 1.53. The van der Waals surface area contributed by atoms with Crippen LogP contribution in [0.4, 0.5) is 0 Å². The second-order valence-corrected chi connectivity index (χ2v) is 3.43. The lowest BCUT2D eigenvalue weighted by Crippen LogP contribution is -2.15. The summed E-state index contributed by atoms with van der Waals surface area (Å²) in [4.78, 5) is 10.5. The molecule has 0 aliphatic carbocycles. The number of hydrogen-bond acceptors (Lipinski definition) is 3. The van der Waals surface area contributed by atoms with Gasteiger partial charge >= 0.3 is 5.97 Å². The number of carboxylic acid groups (broad SMARTS) is 1. The molecule has 1 aromatic rings. The van der Waals surface area contributed by atoms with E-state index in [2.05, 4.69) is 0 Å². The van der Waals surface area contributed by atoms with Crippen molar-refractivity contribution in [2.75, 3.05) is 6.61 Å². The van der Waals surface area contributed by atoms with Crippen molar-refractivity contribution in [3.05, 3.63) is 35.9 Å². The van der Waals surface area contributed by atoms with Crippen molar-refractivity contribution < 1.29 is 19.4 Å². The summed E-state index contributed by atoms with van der Waals surface area (Å²) < 4.78 is 10.8. The fourth-order valence-corrected chi connectivity index (χ4v) is 1.53. The molecule has 0 aromatic heterocycles. The third-order valence-electron chi connectivity index (χ3n) is 2.22. The van der Waals surface area contributed by atoms with Crippen LogP contribution in [0.25, 0.3) is 0 Å². The molecule has 2 unspecified atom stereocenters. The quantitative estimate of drug-likeness (QED) is 0.819. The summed E-state index contributed by atoms with van der Waals surface area (Å²) in [6.45, 7) is 0.339. The zero-order valence-electron chi connectivity index (χ0n) is 8.13. The van der Waals surface area contributed by atoms with Gasteiger partial charge in [-0.3, -0.25) is 4.79 Å². The van der Waals surface area contributed by atoms with Crippen molar-refractivity contribution in [2.24, 2.45) is 0 Å². The number of rotatable bonds is 3. The highest BCUT2D eigenvalue weighted by Crippen LogP contribution is 2.27. The first-order chi connectivity index (χ1) is 7.25. The Morgan fingerprint density at radius 2 is 2.13 bits per heavy atom. The van der Waals surface area contributed by atoms with Gasteiger partial charge in [0, 0.05) is 5.56 Å². The Morgan fingerprint density at radius 3 is 2.80 bits per heavy atom. The minimum atomic E-state index is -0.864. The third-order valence-corrected chi connectivity index (χ3v) is 2.22. The van der Waals surface area contributed by atoms with Crippen LogP contribution in [0.2, 0.25) is 0 Å². The lowest BCUT2D eigenvalue weighted by molar-refractivity contribution is -0.140. The number of hydrogen-bond donors (Lipinski definition) is 1. The van der Waals surface area contributed by atoms with Crippen LogP contribution in [-0.4, -0.2) is 23.8 Å². The summed E-state index contributed by atoms with van der Waals surface area (Å²) in [6, 6.07) is 9.49. The molecular weight excluding hydrogens is 196 g/mol. The zero-order valence-corrected chi connectivity index (χ0v) is 8.13. The summed E-state index contributed by atoms with van der Waals surface area (Å²) in [6.07, 6.45) is -0.771.